The van der Waals surface area contributed by atoms with E-state index in [0.717, 1.165) is 50.4 Å². The molecule has 1 heterocycles. The number of aliphatic hydroxyl groups is 1. The van der Waals surface area contributed by atoms with Crippen molar-refractivity contribution in [3.8, 4) is 0 Å². The van der Waals surface area contributed by atoms with Crippen molar-refractivity contribution in [3.63, 3.8) is 0 Å². The highest BCUT2D eigenvalue weighted by Crippen LogP contribution is 2.41. The monoisotopic (exact) mass is 415 g/mol. The van der Waals surface area contributed by atoms with Gasteiger partial charge in [0.1, 0.15) is 5.60 Å². The van der Waals surface area contributed by atoms with E-state index in [0.29, 0.717) is 6.42 Å². The number of ether oxygens (including phenoxy) is 1. The summed E-state index contributed by atoms with van der Waals surface area (Å²) in [4.78, 5) is 2.43. The van der Waals surface area contributed by atoms with E-state index in [2.05, 4.69) is 84.6 Å². The van der Waals surface area contributed by atoms with Crippen molar-refractivity contribution in [2.45, 2.75) is 31.3 Å². The molecule has 0 aliphatic carbocycles. The van der Waals surface area contributed by atoms with Crippen LogP contribution in [0.3, 0.4) is 0 Å². The smallest absolute Gasteiger partial charge is 0.102 e. The molecule has 3 nitrogen and oxygen atoms in total. The van der Waals surface area contributed by atoms with E-state index in [-0.39, 0.29) is 5.92 Å². The maximum Gasteiger partial charge on any atom is 0.102 e. The van der Waals surface area contributed by atoms with Crippen LogP contribution in [0.25, 0.3) is 0 Å². The molecule has 0 spiro atoms. The lowest BCUT2D eigenvalue weighted by Crippen LogP contribution is -2.45. The van der Waals surface area contributed by atoms with E-state index in [1.54, 1.807) is 0 Å². The highest BCUT2D eigenvalue weighted by atomic mass is 16.5. The minimum absolute atomic E-state index is 0.0560. The molecule has 0 amide bonds. The van der Waals surface area contributed by atoms with E-state index in [4.69, 9.17) is 4.74 Å². The summed E-state index contributed by atoms with van der Waals surface area (Å²) in [5.74, 6) is -0.0560. The van der Waals surface area contributed by atoms with Crippen LogP contribution >= 0.6 is 0 Å². The SMILES string of the molecule is CCc1ccc([C@@](O)(Cc2ccccc2)[C@@H](CN2CCOCC2)c2ccccc2)cc1. The van der Waals surface area contributed by atoms with Gasteiger partial charge in [-0.25, -0.2) is 0 Å². The molecule has 0 unspecified atom stereocenters. The van der Waals surface area contributed by atoms with Gasteiger partial charge in [0.25, 0.3) is 0 Å². The lowest BCUT2D eigenvalue weighted by Gasteiger charge is -2.41. The Hall–Kier alpha value is -2.46. The Morgan fingerprint density at radius 1 is 0.839 bits per heavy atom. The number of nitrogens with zero attached hydrogens (tertiary/aromatic N) is 1. The van der Waals surface area contributed by atoms with Crippen LogP contribution in [0, 0.1) is 0 Å². The second-order valence-corrected chi connectivity index (χ2v) is 8.51. The Bertz CT molecular complexity index is 920. The van der Waals surface area contributed by atoms with E-state index in [1.807, 2.05) is 12.1 Å². The molecule has 162 valence electrons. The van der Waals surface area contributed by atoms with Crippen LogP contribution in [0.1, 0.15) is 35.1 Å². The van der Waals surface area contributed by atoms with Gasteiger partial charge in [-0.15, -0.1) is 0 Å². The van der Waals surface area contributed by atoms with Gasteiger partial charge in [0.15, 0.2) is 0 Å². The zero-order chi connectivity index (χ0) is 21.5. The molecule has 2 atom stereocenters. The standard InChI is InChI=1S/C28H33NO2/c1-2-23-13-15-26(16-14-23)28(30,21-24-9-5-3-6-10-24)27(25-11-7-4-8-12-25)22-29-17-19-31-20-18-29/h3-16,27,30H,2,17-22H2,1H3/t27-,28-/m0/s1. The van der Waals surface area contributed by atoms with Gasteiger partial charge >= 0.3 is 0 Å². The third kappa shape index (κ3) is 5.24. The van der Waals surface area contributed by atoms with Gasteiger partial charge in [0.2, 0.25) is 0 Å². The first kappa shape index (κ1) is 21.8. The second-order valence-electron chi connectivity index (χ2n) is 8.51. The van der Waals surface area contributed by atoms with Gasteiger partial charge in [0, 0.05) is 32.0 Å². The summed E-state index contributed by atoms with van der Waals surface area (Å²) >= 11 is 0. The van der Waals surface area contributed by atoms with Crippen LogP contribution in [0.2, 0.25) is 0 Å². The van der Waals surface area contributed by atoms with Crippen molar-refractivity contribution in [2.75, 3.05) is 32.8 Å². The zero-order valence-electron chi connectivity index (χ0n) is 18.4. The third-order valence-corrected chi connectivity index (χ3v) is 6.50. The third-order valence-electron chi connectivity index (χ3n) is 6.50. The van der Waals surface area contributed by atoms with E-state index in [9.17, 15) is 5.11 Å². The first-order valence-corrected chi connectivity index (χ1v) is 11.4. The molecule has 1 N–H and O–H groups in total. The van der Waals surface area contributed by atoms with Crippen LogP contribution in [0.4, 0.5) is 0 Å². The van der Waals surface area contributed by atoms with Crippen LogP contribution < -0.4 is 0 Å². The fourth-order valence-electron chi connectivity index (χ4n) is 4.62. The molecule has 1 fully saturated rings. The predicted octanol–water partition coefficient (Wildman–Crippen LogP) is 4.80. The summed E-state index contributed by atoms with van der Waals surface area (Å²) in [5.41, 5.74) is 3.57. The first-order valence-electron chi connectivity index (χ1n) is 11.4. The fourth-order valence-corrected chi connectivity index (χ4v) is 4.62. The molecular weight excluding hydrogens is 382 g/mol. The Morgan fingerprint density at radius 2 is 1.45 bits per heavy atom. The van der Waals surface area contributed by atoms with Gasteiger partial charge in [-0.1, -0.05) is 91.9 Å². The number of aryl methyl sites for hydroxylation is 1. The summed E-state index contributed by atoms with van der Waals surface area (Å²) in [6.45, 7) is 6.27. The number of benzene rings is 3. The van der Waals surface area contributed by atoms with Crippen LogP contribution in [-0.2, 0) is 23.2 Å². The van der Waals surface area contributed by atoms with Crippen molar-refractivity contribution < 1.29 is 9.84 Å². The lowest BCUT2D eigenvalue weighted by molar-refractivity contribution is -0.0223. The Balaban J connectivity index is 1.77. The van der Waals surface area contributed by atoms with Crippen molar-refractivity contribution in [2.24, 2.45) is 0 Å². The van der Waals surface area contributed by atoms with E-state index in [1.165, 1.54) is 11.1 Å². The Labute approximate surface area is 186 Å². The van der Waals surface area contributed by atoms with Gasteiger partial charge in [-0.3, -0.25) is 4.90 Å². The number of rotatable bonds is 8. The van der Waals surface area contributed by atoms with Crippen LogP contribution in [-0.4, -0.2) is 42.9 Å². The molecule has 1 saturated heterocycles. The number of hydrogen-bond donors (Lipinski definition) is 1. The minimum atomic E-state index is -1.02. The Morgan fingerprint density at radius 3 is 2.06 bits per heavy atom. The molecular formula is C28H33NO2. The van der Waals surface area contributed by atoms with Crippen molar-refractivity contribution in [3.05, 3.63) is 107 Å². The summed E-state index contributed by atoms with van der Waals surface area (Å²) < 4.78 is 5.57. The van der Waals surface area contributed by atoms with Crippen LogP contribution in [0.15, 0.2) is 84.9 Å². The summed E-state index contributed by atoms with van der Waals surface area (Å²) in [5, 5.41) is 12.5. The summed E-state index contributed by atoms with van der Waals surface area (Å²) in [7, 11) is 0. The number of hydrogen-bond acceptors (Lipinski definition) is 3. The summed E-state index contributed by atoms with van der Waals surface area (Å²) in [6.07, 6.45) is 1.57. The molecule has 0 bridgehead atoms. The van der Waals surface area contributed by atoms with Crippen molar-refractivity contribution >= 4 is 0 Å². The number of morpholine rings is 1. The molecule has 0 aromatic heterocycles. The van der Waals surface area contributed by atoms with Gasteiger partial charge in [0.05, 0.1) is 13.2 Å². The molecule has 1 aliphatic rings. The van der Waals surface area contributed by atoms with Gasteiger partial charge < -0.3 is 9.84 Å². The molecule has 4 rings (SSSR count). The molecule has 3 heteroatoms. The minimum Gasteiger partial charge on any atom is -0.384 e. The quantitative estimate of drug-likeness (QED) is 0.574. The van der Waals surface area contributed by atoms with Crippen molar-refractivity contribution in [1.29, 1.82) is 0 Å². The molecule has 3 aromatic carbocycles. The largest absolute Gasteiger partial charge is 0.384 e. The average Bonchev–Trinajstić information content (AvgIpc) is 2.84. The highest BCUT2D eigenvalue weighted by molar-refractivity contribution is 5.36. The molecule has 0 saturated carbocycles. The molecule has 3 aromatic rings. The van der Waals surface area contributed by atoms with E-state index >= 15 is 0 Å². The topological polar surface area (TPSA) is 32.7 Å². The second kappa shape index (κ2) is 10.2. The zero-order valence-corrected chi connectivity index (χ0v) is 18.4. The predicted molar refractivity (Wildman–Crippen MR) is 126 cm³/mol. The average molecular weight is 416 g/mol. The maximum absolute atomic E-state index is 12.5. The summed E-state index contributed by atoms with van der Waals surface area (Å²) in [6, 6.07) is 29.4. The lowest BCUT2D eigenvalue weighted by atomic mass is 9.73. The van der Waals surface area contributed by atoms with Gasteiger partial charge in [-0.05, 0) is 28.7 Å². The van der Waals surface area contributed by atoms with Crippen molar-refractivity contribution in [1.82, 2.24) is 4.90 Å². The first-order chi connectivity index (χ1) is 15.2. The normalized spacial score (nSPS) is 17.7. The van der Waals surface area contributed by atoms with E-state index < -0.39 is 5.60 Å². The van der Waals surface area contributed by atoms with Crippen LogP contribution in [0.5, 0.6) is 0 Å². The molecule has 0 radical (unpaired) electrons. The fraction of sp³-hybridized carbons (Fsp3) is 0.357. The maximum atomic E-state index is 12.5. The van der Waals surface area contributed by atoms with Gasteiger partial charge in [-0.2, -0.15) is 0 Å². The Kier molecular flexibility index (Phi) is 7.18. The highest BCUT2D eigenvalue weighted by Gasteiger charge is 2.40. The molecule has 31 heavy (non-hydrogen) atoms. The molecule has 1 aliphatic heterocycles.